The lowest BCUT2D eigenvalue weighted by Crippen LogP contribution is -2.21. The zero-order chi connectivity index (χ0) is 14.9. The van der Waals surface area contributed by atoms with Crippen molar-refractivity contribution in [2.75, 3.05) is 13.1 Å². The van der Waals surface area contributed by atoms with Crippen LogP contribution in [0.3, 0.4) is 0 Å². The predicted octanol–water partition coefficient (Wildman–Crippen LogP) is 4.40. The van der Waals surface area contributed by atoms with Crippen molar-refractivity contribution in [3.05, 3.63) is 71.9 Å². The van der Waals surface area contributed by atoms with Crippen LogP contribution in [0.25, 0.3) is 10.9 Å². The van der Waals surface area contributed by atoms with Gasteiger partial charge in [-0.05, 0) is 36.4 Å². The molecule has 2 heteroatoms. The van der Waals surface area contributed by atoms with Gasteiger partial charge in [0, 0.05) is 36.9 Å². The molecule has 0 spiro atoms. The molecule has 1 saturated heterocycles. The third-order valence-electron chi connectivity index (χ3n) is 4.80. The van der Waals surface area contributed by atoms with Gasteiger partial charge in [-0.3, -0.25) is 4.90 Å². The van der Waals surface area contributed by atoms with Crippen LogP contribution in [-0.4, -0.2) is 22.6 Å². The van der Waals surface area contributed by atoms with E-state index in [1.54, 1.807) is 0 Å². The van der Waals surface area contributed by atoms with E-state index >= 15 is 0 Å². The van der Waals surface area contributed by atoms with Gasteiger partial charge in [-0.2, -0.15) is 0 Å². The molecule has 2 aromatic carbocycles. The maximum absolute atomic E-state index is 2.58. The number of fused-ring (bicyclic) bond motifs is 1. The van der Waals surface area contributed by atoms with Crippen LogP contribution in [-0.2, 0) is 6.54 Å². The topological polar surface area (TPSA) is 8.17 Å². The molecule has 0 aliphatic carbocycles. The molecule has 0 saturated carbocycles. The molecule has 1 aliphatic rings. The maximum Gasteiger partial charge on any atom is 0.0485 e. The molecular formula is C20H22N2. The number of aryl methyl sites for hydroxylation is 1. The molecule has 1 atom stereocenters. The first-order valence-corrected chi connectivity index (χ1v) is 8.14. The van der Waals surface area contributed by atoms with Crippen molar-refractivity contribution in [2.45, 2.75) is 25.9 Å². The van der Waals surface area contributed by atoms with Crippen molar-refractivity contribution < 1.29 is 0 Å². The van der Waals surface area contributed by atoms with Crippen LogP contribution in [0.15, 0.2) is 60.7 Å². The Morgan fingerprint density at radius 1 is 1.00 bits per heavy atom. The first-order valence-electron chi connectivity index (χ1n) is 8.14. The van der Waals surface area contributed by atoms with Crippen LogP contribution in [0.1, 0.15) is 23.7 Å². The Kier molecular flexibility index (Phi) is 3.47. The summed E-state index contributed by atoms with van der Waals surface area (Å²) in [7, 11) is 0. The number of hydrogen-bond acceptors (Lipinski definition) is 1. The van der Waals surface area contributed by atoms with Crippen molar-refractivity contribution in [3.63, 3.8) is 0 Å². The number of likely N-dealkylation sites (tertiary alicyclic amines) is 1. The normalized spacial score (nSPS) is 19.0. The third kappa shape index (κ3) is 2.44. The second kappa shape index (κ2) is 5.62. The molecule has 2 heterocycles. The van der Waals surface area contributed by atoms with E-state index in [9.17, 15) is 0 Å². The van der Waals surface area contributed by atoms with Crippen molar-refractivity contribution in [3.8, 4) is 0 Å². The Bertz CT molecular complexity index is 773. The first-order chi connectivity index (χ1) is 10.8. The average molecular weight is 290 g/mol. The van der Waals surface area contributed by atoms with E-state index < -0.39 is 0 Å². The largest absolute Gasteiger partial charge is 0.340 e. The molecule has 1 fully saturated rings. The highest BCUT2D eigenvalue weighted by molar-refractivity contribution is 5.81. The number of rotatable bonds is 3. The summed E-state index contributed by atoms with van der Waals surface area (Å²) < 4.78 is 2.54. The summed E-state index contributed by atoms with van der Waals surface area (Å²) in [5, 5.41) is 1.36. The van der Waals surface area contributed by atoms with Crippen molar-refractivity contribution in [1.82, 2.24) is 9.47 Å². The third-order valence-corrected chi connectivity index (χ3v) is 4.80. The van der Waals surface area contributed by atoms with Gasteiger partial charge in [-0.15, -0.1) is 0 Å². The van der Waals surface area contributed by atoms with Gasteiger partial charge in [-0.25, -0.2) is 0 Å². The fraction of sp³-hybridized carbons (Fsp3) is 0.300. The quantitative estimate of drug-likeness (QED) is 0.694. The van der Waals surface area contributed by atoms with Gasteiger partial charge in [0.2, 0.25) is 0 Å². The number of nitrogens with zero attached hydrogens (tertiary/aromatic N) is 2. The Morgan fingerprint density at radius 2 is 1.77 bits per heavy atom. The average Bonchev–Trinajstić information content (AvgIpc) is 3.11. The molecule has 1 aliphatic heterocycles. The van der Waals surface area contributed by atoms with Crippen molar-refractivity contribution >= 4 is 10.9 Å². The molecule has 0 bridgehead atoms. The summed E-state index contributed by atoms with van der Waals surface area (Å²) in [6, 6.07) is 22.5. The lowest BCUT2D eigenvalue weighted by molar-refractivity contribution is 0.317. The second-order valence-corrected chi connectivity index (χ2v) is 6.38. The van der Waals surface area contributed by atoms with E-state index in [-0.39, 0.29) is 0 Å². The molecule has 1 aromatic heterocycles. The predicted molar refractivity (Wildman–Crippen MR) is 92.0 cm³/mol. The highest BCUT2D eigenvalue weighted by atomic mass is 15.2. The molecule has 2 nitrogen and oxygen atoms in total. The Balaban J connectivity index is 1.56. The molecule has 0 unspecified atom stereocenters. The minimum absolute atomic E-state index is 0.601. The summed E-state index contributed by atoms with van der Waals surface area (Å²) in [6.45, 7) is 5.63. The van der Waals surface area contributed by atoms with Gasteiger partial charge in [0.1, 0.15) is 0 Å². The first kappa shape index (κ1) is 13.6. The monoisotopic (exact) mass is 290 g/mol. The fourth-order valence-electron chi connectivity index (χ4n) is 3.81. The lowest BCUT2D eigenvalue weighted by atomic mass is 10.2. The van der Waals surface area contributed by atoms with Crippen LogP contribution in [0.4, 0.5) is 0 Å². The summed E-state index contributed by atoms with van der Waals surface area (Å²) >= 11 is 0. The van der Waals surface area contributed by atoms with E-state index in [0.29, 0.717) is 6.04 Å². The van der Waals surface area contributed by atoms with Gasteiger partial charge in [0.25, 0.3) is 0 Å². The fourth-order valence-corrected chi connectivity index (χ4v) is 3.81. The molecule has 0 radical (unpaired) electrons. The molecule has 3 aromatic rings. The van der Waals surface area contributed by atoms with Gasteiger partial charge < -0.3 is 4.57 Å². The second-order valence-electron chi connectivity index (χ2n) is 6.38. The van der Waals surface area contributed by atoms with E-state index in [4.69, 9.17) is 0 Å². The highest BCUT2D eigenvalue weighted by Crippen LogP contribution is 2.30. The lowest BCUT2D eigenvalue weighted by Gasteiger charge is -2.19. The van der Waals surface area contributed by atoms with E-state index in [0.717, 1.165) is 13.1 Å². The number of benzene rings is 2. The van der Waals surface area contributed by atoms with Crippen LogP contribution in [0.5, 0.6) is 0 Å². The van der Waals surface area contributed by atoms with Crippen LogP contribution in [0, 0.1) is 6.92 Å². The van der Waals surface area contributed by atoms with E-state index in [1.165, 1.54) is 35.1 Å². The van der Waals surface area contributed by atoms with Crippen molar-refractivity contribution in [1.29, 1.82) is 0 Å². The van der Waals surface area contributed by atoms with Gasteiger partial charge in [-0.1, -0.05) is 48.5 Å². The molecule has 0 amide bonds. The van der Waals surface area contributed by atoms with Crippen molar-refractivity contribution in [2.24, 2.45) is 0 Å². The molecule has 4 rings (SSSR count). The molecular weight excluding hydrogens is 268 g/mol. The Labute approximate surface area is 132 Å². The summed E-state index contributed by atoms with van der Waals surface area (Å²) in [5.74, 6) is 0. The summed E-state index contributed by atoms with van der Waals surface area (Å²) in [5.41, 5.74) is 4.18. The smallest absolute Gasteiger partial charge is 0.0485 e. The zero-order valence-corrected chi connectivity index (χ0v) is 13.1. The Morgan fingerprint density at radius 3 is 2.64 bits per heavy atom. The van der Waals surface area contributed by atoms with Gasteiger partial charge >= 0.3 is 0 Å². The minimum atomic E-state index is 0.601. The minimum Gasteiger partial charge on any atom is -0.340 e. The molecule has 112 valence electrons. The number of para-hydroxylation sites is 1. The number of hydrogen-bond donors (Lipinski definition) is 0. The SMILES string of the molecule is Cc1cc2ccccc2n1[C@@H]1CCN(Cc2ccccc2)C1. The summed E-state index contributed by atoms with van der Waals surface area (Å²) in [4.78, 5) is 2.58. The van der Waals surface area contributed by atoms with Crippen LogP contribution in [0.2, 0.25) is 0 Å². The molecule has 22 heavy (non-hydrogen) atoms. The standard InChI is InChI=1S/C20H22N2/c1-16-13-18-9-5-6-10-20(18)22(16)19-11-12-21(15-19)14-17-7-3-2-4-8-17/h2-10,13,19H,11-12,14-15H2,1H3/t19-/m1/s1. The molecule has 0 N–H and O–H groups in total. The van der Waals surface area contributed by atoms with Crippen LogP contribution < -0.4 is 0 Å². The maximum atomic E-state index is 2.58. The van der Waals surface area contributed by atoms with Crippen LogP contribution >= 0.6 is 0 Å². The zero-order valence-electron chi connectivity index (χ0n) is 13.1. The number of aromatic nitrogens is 1. The van der Waals surface area contributed by atoms with E-state index in [1.807, 2.05) is 0 Å². The summed E-state index contributed by atoms with van der Waals surface area (Å²) in [6.07, 6.45) is 1.24. The van der Waals surface area contributed by atoms with Gasteiger partial charge in [0.05, 0.1) is 0 Å². The Hall–Kier alpha value is -2.06. The van der Waals surface area contributed by atoms with Gasteiger partial charge in [0.15, 0.2) is 0 Å². The van der Waals surface area contributed by atoms with E-state index in [2.05, 4.69) is 77.1 Å². The highest BCUT2D eigenvalue weighted by Gasteiger charge is 2.25.